The van der Waals surface area contributed by atoms with Gasteiger partial charge in [0.25, 0.3) is 0 Å². The van der Waals surface area contributed by atoms with Gasteiger partial charge in [-0.2, -0.15) is 0 Å². The molecule has 0 unspecified atom stereocenters. The first-order valence-corrected chi connectivity index (χ1v) is 10.7. The third-order valence-corrected chi connectivity index (χ3v) is 7.80. The van der Waals surface area contributed by atoms with Gasteiger partial charge in [0.1, 0.15) is 11.5 Å². The van der Waals surface area contributed by atoms with Crippen molar-refractivity contribution in [2.75, 3.05) is 0 Å². The van der Waals surface area contributed by atoms with Crippen LogP contribution in [0.2, 0.25) is 0 Å². The van der Waals surface area contributed by atoms with Crippen molar-refractivity contribution in [3.05, 3.63) is 73.2 Å². The number of hydrogen-bond donors (Lipinski definition) is 0. The molecule has 0 radical (unpaired) electrons. The molecule has 0 saturated heterocycles. The van der Waals surface area contributed by atoms with Crippen molar-refractivity contribution in [1.29, 1.82) is 0 Å². The maximum atomic E-state index is 5.80. The van der Waals surface area contributed by atoms with E-state index < -0.39 is 0 Å². The van der Waals surface area contributed by atoms with Crippen LogP contribution in [0.15, 0.2) is 82.0 Å². The summed E-state index contributed by atoms with van der Waals surface area (Å²) in [5.41, 5.74) is 0. The van der Waals surface area contributed by atoms with Crippen molar-refractivity contribution in [3.8, 4) is 21.3 Å². The van der Waals surface area contributed by atoms with E-state index in [2.05, 4.69) is 48.5 Å². The highest BCUT2D eigenvalue weighted by atomic mass is 32.1. The molecule has 0 amide bonds. The zero-order valence-electron chi connectivity index (χ0n) is 14.6. The van der Waals surface area contributed by atoms with Crippen LogP contribution in [-0.2, 0) is 0 Å². The Balaban J connectivity index is 1.80. The highest BCUT2D eigenvalue weighted by molar-refractivity contribution is 7.25. The second-order valence-corrected chi connectivity index (χ2v) is 9.03. The fourth-order valence-electron chi connectivity index (χ4n) is 4.39. The summed E-state index contributed by atoms with van der Waals surface area (Å²) in [5.74, 6) is 1.87. The van der Waals surface area contributed by atoms with Gasteiger partial charge in [-0.25, -0.2) is 0 Å². The first-order chi connectivity index (χ1) is 13.9. The Bertz CT molecular complexity index is 1470. The predicted molar refractivity (Wildman–Crippen MR) is 119 cm³/mol. The Morgan fingerprint density at radius 3 is 1.43 bits per heavy atom. The van der Waals surface area contributed by atoms with E-state index in [1.54, 1.807) is 12.5 Å². The molecule has 132 valence electrons. The predicted octanol–water partition coefficient (Wildman–Crippen LogP) is 8.38. The normalized spacial score (nSPS) is 12.3. The molecule has 4 heteroatoms. The number of furan rings is 2. The third-order valence-electron chi connectivity index (χ3n) is 5.46. The van der Waals surface area contributed by atoms with Gasteiger partial charge in [0.2, 0.25) is 0 Å². The maximum absolute atomic E-state index is 5.80. The smallest absolute Gasteiger partial charge is 0.144 e. The van der Waals surface area contributed by atoms with Crippen molar-refractivity contribution in [1.82, 2.24) is 0 Å². The van der Waals surface area contributed by atoms with Crippen molar-refractivity contribution in [3.63, 3.8) is 0 Å². The Morgan fingerprint density at radius 1 is 0.500 bits per heavy atom. The quantitative estimate of drug-likeness (QED) is 0.274. The van der Waals surface area contributed by atoms with Crippen molar-refractivity contribution in [2.45, 2.75) is 0 Å². The summed E-state index contributed by atoms with van der Waals surface area (Å²) < 4.78 is 14.2. The Labute approximate surface area is 167 Å². The summed E-state index contributed by atoms with van der Waals surface area (Å²) in [7, 11) is 0. The molecular formula is C24H12O2S2. The molecule has 0 aliphatic carbocycles. The molecule has 0 spiro atoms. The zero-order chi connectivity index (χ0) is 18.2. The van der Waals surface area contributed by atoms with Gasteiger partial charge in [0, 0.05) is 30.9 Å². The van der Waals surface area contributed by atoms with E-state index >= 15 is 0 Å². The summed E-state index contributed by atoms with van der Waals surface area (Å²) in [4.78, 5) is 2.41. The van der Waals surface area contributed by atoms with Crippen LogP contribution in [-0.4, -0.2) is 0 Å². The van der Waals surface area contributed by atoms with E-state index in [4.69, 9.17) is 8.83 Å². The second-order valence-electron chi connectivity index (χ2n) is 6.92. The highest BCUT2D eigenvalue weighted by Crippen LogP contribution is 2.53. The van der Waals surface area contributed by atoms with Gasteiger partial charge in [-0.3, -0.25) is 0 Å². The maximum Gasteiger partial charge on any atom is 0.144 e. The monoisotopic (exact) mass is 396 g/mol. The molecule has 3 aromatic carbocycles. The largest absolute Gasteiger partial charge is 0.463 e. The van der Waals surface area contributed by atoms with Gasteiger partial charge < -0.3 is 8.83 Å². The number of rotatable bonds is 2. The molecule has 0 aliphatic rings. The van der Waals surface area contributed by atoms with Crippen LogP contribution in [0.25, 0.3) is 63.0 Å². The average molecular weight is 396 g/mol. The van der Waals surface area contributed by atoms with Crippen LogP contribution in [0.3, 0.4) is 0 Å². The fraction of sp³-hybridized carbons (Fsp3) is 0. The zero-order valence-corrected chi connectivity index (χ0v) is 16.2. The van der Waals surface area contributed by atoms with E-state index in [-0.39, 0.29) is 0 Å². The van der Waals surface area contributed by atoms with Gasteiger partial charge >= 0.3 is 0 Å². The fourth-order valence-corrected chi connectivity index (χ4v) is 6.81. The third kappa shape index (κ3) is 1.77. The number of benzene rings is 3. The minimum absolute atomic E-state index is 0.934. The van der Waals surface area contributed by atoms with E-state index in [1.165, 1.54) is 51.5 Å². The SMILES string of the molecule is c1coc(-c2sc3cccc4c5c(-c6ccco6)sc6cccc(c2c34)c65)c1. The second kappa shape index (κ2) is 5.25. The molecular weight excluding hydrogens is 384 g/mol. The topological polar surface area (TPSA) is 26.3 Å². The van der Waals surface area contributed by atoms with Gasteiger partial charge in [-0.1, -0.05) is 24.3 Å². The summed E-state index contributed by atoms with van der Waals surface area (Å²) in [6, 6.07) is 21.3. The van der Waals surface area contributed by atoms with Crippen molar-refractivity contribution >= 4 is 64.4 Å². The number of hydrogen-bond acceptors (Lipinski definition) is 4. The minimum atomic E-state index is 0.934. The first-order valence-electron chi connectivity index (χ1n) is 9.09. The van der Waals surface area contributed by atoms with Gasteiger partial charge in [0.05, 0.1) is 22.3 Å². The van der Waals surface area contributed by atoms with Crippen LogP contribution in [0.1, 0.15) is 0 Å². The summed E-state index contributed by atoms with van der Waals surface area (Å²) in [5, 5.41) is 7.82. The molecule has 0 aliphatic heterocycles. The summed E-state index contributed by atoms with van der Waals surface area (Å²) >= 11 is 3.62. The molecule has 7 rings (SSSR count). The molecule has 2 nitrogen and oxygen atoms in total. The molecule has 7 aromatic rings. The van der Waals surface area contributed by atoms with Crippen LogP contribution in [0.4, 0.5) is 0 Å². The Morgan fingerprint density at radius 2 is 1.00 bits per heavy atom. The van der Waals surface area contributed by atoms with E-state index in [9.17, 15) is 0 Å². The van der Waals surface area contributed by atoms with Crippen LogP contribution in [0.5, 0.6) is 0 Å². The van der Waals surface area contributed by atoms with Crippen molar-refractivity contribution in [2.24, 2.45) is 0 Å². The Hall–Kier alpha value is -3.08. The standard InChI is InChI=1S/C24H12O2S2/c1-5-13-19-17(9-1)27-24(16-8-4-12-26-16)22(19)14-6-2-10-18-20(14)21(13)23(28-18)15-7-3-11-25-15/h1-12H. The number of thiophene rings is 2. The summed E-state index contributed by atoms with van der Waals surface area (Å²) in [6.45, 7) is 0. The lowest BCUT2D eigenvalue weighted by Crippen LogP contribution is -1.81. The van der Waals surface area contributed by atoms with Gasteiger partial charge in [0.15, 0.2) is 0 Å². The lowest BCUT2D eigenvalue weighted by molar-refractivity contribution is 0.584. The first kappa shape index (κ1) is 14.9. The molecule has 4 aromatic heterocycles. The molecule has 4 heterocycles. The lowest BCUT2D eigenvalue weighted by atomic mass is 9.94. The van der Waals surface area contributed by atoms with E-state index in [1.807, 2.05) is 34.8 Å². The van der Waals surface area contributed by atoms with Gasteiger partial charge in [-0.15, -0.1) is 22.7 Å². The molecule has 0 saturated carbocycles. The van der Waals surface area contributed by atoms with E-state index in [0.29, 0.717) is 0 Å². The molecule has 0 bridgehead atoms. The molecule has 0 atom stereocenters. The van der Waals surface area contributed by atoms with Crippen LogP contribution in [0, 0.1) is 0 Å². The highest BCUT2D eigenvalue weighted by Gasteiger charge is 2.24. The molecule has 0 fully saturated rings. The van der Waals surface area contributed by atoms with Crippen LogP contribution >= 0.6 is 22.7 Å². The van der Waals surface area contributed by atoms with Gasteiger partial charge in [-0.05, 0) is 47.2 Å². The summed E-state index contributed by atoms with van der Waals surface area (Å²) in [6.07, 6.45) is 3.50. The lowest BCUT2D eigenvalue weighted by Gasteiger charge is -2.08. The van der Waals surface area contributed by atoms with Crippen molar-refractivity contribution < 1.29 is 8.83 Å². The van der Waals surface area contributed by atoms with Crippen LogP contribution < -0.4 is 0 Å². The minimum Gasteiger partial charge on any atom is -0.463 e. The molecule has 0 N–H and O–H groups in total. The Kier molecular flexibility index (Phi) is 2.80. The van der Waals surface area contributed by atoms with E-state index in [0.717, 1.165) is 11.5 Å². The number of fused-ring (bicyclic) bond motifs is 2. The molecule has 28 heavy (non-hydrogen) atoms. The average Bonchev–Trinajstić information content (AvgIpc) is 3.51.